The topological polar surface area (TPSA) is 50.4 Å². The normalized spacial score (nSPS) is 22.5. The lowest BCUT2D eigenvalue weighted by Crippen LogP contribution is -2.37. The second kappa shape index (κ2) is 6.36. The van der Waals surface area contributed by atoms with Crippen LogP contribution in [0.2, 0.25) is 0 Å². The molecule has 1 aromatic rings. The molecule has 1 amide bonds. The SMILES string of the molecule is CC(NC1CC1NC(=O)OC(C)(C)C)c1cccc(Br)c1. The summed E-state index contributed by atoms with van der Waals surface area (Å²) >= 11 is 3.48. The summed E-state index contributed by atoms with van der Waals surface area (Å²) in [5, 5.41) is 6.42. The number of hydrogen-bond acceptors (Lipinski definition) is 3. The molecular formula is C16H23BrN2O2. The number of nitrogens with one attached hydrogen (secondary N) is 2. The van der Waals surface area contributed by atoms with Crippen LogP contribution in [0, 0.1) is 0 Å². The van der Waals surface area contributed by atoms with E-state index in [1.807, 2.05) is 32.9 Å². The average Bonchev–Trinajstić information content (AvgIpc) is 3.04. The van der Waals surface area contributed by atoms with Gasteiger partial charge in [0.15, 0.2) is 0 Å². The Bertz CT molecular complexity index is 513. The van der Waals surface area contributed by atoms with Gasteiger partial charge in [-0.3, -0.25) is 0 Å². The van der Waals surface area contributed by atoms with E-state index >= 15 is 0 Å². The van der Waals surface area contributed by atoms with Crippen molar-refractivity contribution in [2.24, 2.45) is 0 Å². The summed E-state index contributed by atoms with van der Waals surface area (Å²) in [6, 6.07) is 8.97. The summed E-state index contributed by atoms with van der Waals surface area (Å²) in [5.41, 5.74) is 0.776. The highest BCUT2D eigenvalue weighted by atomic mass is 79.9. The van der Waals surface area contributed by atoms with Crippen molar-refractivity contribution in [2.45, 2.75) is 57.8 Å². The molecule has 0 heterocycles. The minimum Gasteiger partial charge on any atom is -0.444 e. The van der Waals surface area contributed by atoms with Crippen molar-refractivity contribution in [3.05, 3.63) is 34.3 Å². The minimum absolute atomic E-state index is 0.162. The second-order valence-electron chi connectivity index (χ2n) is 6.54. The summed E-state index contributed by atoms with van der Waals surface area (Å²) < 4.78 is 6.33. The van der Waals surface area contributed by atoms with Gasteiger partial charge in [-0.2, -0.15) is 0 Å². The highest BCUT2D eigenvalue weighted by molar-refractivity contribution is 9.10. The summed E-state index contributed by atoms with van der Waals surface area (Å²) in [7, 11) is 0. The van der Waals surface area contributed by atoms with Gasteiger partial charge >= 0.3 is 6.09 Å². The van der Waals surface area contributed by atoms with Gasteiger partial charge < -0.3 is 15.4 Å². The molecular weight excluding hydrogens is 332 g/mol. The Labute approximate surface area is 134 Å². The third-order valence-electron chi connectivity index (χ3n) is 3.31. The lowest BCUT2D eigenvalue weighted by molar-refractivity contribution is 0.0522. The Balaban J connectivity index is 1.78. The monoisotopic (exact) mass is 354 g/mol. The molecule has 0 aromatic heterocycles. The Hall–Kier alpha value is -1.07. The molecule has 3 atom stereocenters. The summed E-state index contributed by atoms with van der Waals surface area (Å²) in [6.07, 6.45) is 0.601. The first-order valence-corrected chi connectivity index (χ1v) is 8.05. The minimum atomic E-state index is -0.453. The fourth-order valence-electron chi connectivity index (χ4n) is 2.19. The van der Waals surface area contributed by atoms with E-state index in [9.17, 15) is 4.79 Å². The number of carbonyl (C=O) groups excluding carboxylic acids is 1. The number of alkyl carbamates (subject to hydrolysis) is 1. The fourth-order valence-corrected chi connectivity index (χ4v) is 2.61. The van der Waals surface area contributed by atoms with E-state index in [2.05, 4.69) is 45.6 Å². The van der Waals surface area contributed by atoms with Crippen molar-refractivity contribution in [3.8, 4) is 0 Å². The van der Waals surface area contributed by atoms with Crippen molar-refractivity contribution in [3.63, 3.8) is 0 Å². The number of rotatable bonds is 4. The predicted octanol–water partition coefficient (Wildman–Crippen LogP) is 3.77. The van der Waals surface area contributed by atoms with E-state index in [0.717, 1.165) is 10.9 Å². The first-order valence-electron chi connectivity index (χ1n) is 7.25. The van der Waals surface area contributed by atoms with Gasteiger partial charge in [-0.05, 0) is 51.8 Å². The van der Waals surface area contributed by atoms with Crippen LogP contribution in [0.4, 0.5) is 4.79 Å². The Morgan fingerprint density at radius 1 is 1.38 bits per heavy atom. The molecule has 5 heteroatoms. The van der Waals surface area contributed by atoms with Crippen LogP contribution in [-0.4, -0.2) is 23.8 Å². The number of ether oxygens (including phenoxy) is 1. The Morgan fingerprint density at radius 3 is 2.71 bits per heavy atom. The number of hydrogen-bond donors (Lipinski definition) is 2. The van der Waals surface area contributed by atoms with Crippen LogP contribution in [-0.2, 0) is 4.74 Å². The third kappa shape index (κ3) is 5.32. The molecule has 0 radical (unpaired) electrons. The summed E-state index contributed by atoms with van der Waals surface area (Å²) in [5.74, 6) is 0. The Morgan fingerprint density at radius 2 is 2.10 bits per heavy atom. The van der Waals surface area contributed by atoms with Crippen LogP contribution >= 0.6 is 15.9 Å². The fraction of sp³-hybridized carbons (Fsp3) is 0.562. The first kappa shape index (κ1) is 16.3. The molecule has 116 valence electrons. The van der Waals surface area contributed by atoms with Gasteiger partial charge in [-0.15, -0.1) is 0 Å². The van der Waals surface area contributed by atoms with E-state index < -0.39 is 5.60 Å². The summed E-state index contributed by atoms with van der Waals surface area (Å²) in [6.45, 7) is 7.73. The van der Waals surface area contributed by atoms with Crippen molar-refractivity contribution in [1.29, 1.82) is 0 Å². The zero-order chi connectivity index (χ0) is 15.6. The molecule has 1 aromatic carbocycles. The largest absolute Gasteiger partial charge is 0.444 e. The summed E-state index contributed by atoms with van der Waals surface area (Å²) in [4.78, 5) is 11.7. The van der Waals surface area contributed by atoms with Crippen molar-refractivity contribution in [1.82, 2.24) is 10.6 Å². The van der Waals surface area contributed by atoms with Crippen LogP contribution in [0.25, 0.3) is 0 Å². The highest BCUT2D eigenvalue weighted by Gasteiger charge is 2.40. The van der Waals surface area contributed by atoms with E-state index in [-0.39, 0.29) is 18.2 Å². The van der Waals surface area contributed by atoms with Crippen LogP contribution in [0.15, 0.2) is 28.7 Å². The molecule has 1 fully saturated rings. The molecule has 2 rings (SSSR count). The van der Waals surface area contributed by atoms with E-state index in [4.69, 9.17) is 4.74 Å². The molecule has 0 saturated heterocycles. The van der Waals surface area contributed by atoms with E-state index in [1.54, 1.807) is 0 Å². The maximum Gasteiger partial charge on any atom is 0.407 e. The first-order chi connectivity index (χ1) is 9.74. The van der Waals surface area contributed by atoms with Crippen LogP contribution in [0.5, 0.6) is 0 Å². The lowest BCUT2D eigenvalue weighted by Gasteiger charge is -2.20. The molecule has 0 spiro atoms. The molecule has 4 nitrogen and oxygen atoms in total. The maximum atomic E-state index is 11.7. The van der Waals surface area contributed by atoms with Gasteiger partial charge in [-0.25, -0.2) is 4.79 Å². The van der Waals surface area contributed by atoms with Gasteiger partial charge in [0, 0.05) is 22.6 Å². The molecule has 1 aliphatic rings. The maximum absolute atomic E-state index is 11.7. The average molecular weight is 355 g/mol. The zero-order valence-corrected chi connectivity index (χ0v) is 14.5. The molecule has 2 N–H and O–H groups in total. The smallest absolute Gasteiger partial charge is 0.407 e. The van der Waals surface area contributed by atoms with Gasteiger partial charge in [0.05, 0.1) is 0 Å². The number of halogens is 1. The molecule has 1 saturated carbocycles. The van der Waals surface area contributed by atoms with E-state index in [1.165, 1.54) is 5.56 Å². The third-order valence-corrected chi connectivity index (χ3v) is 3.80. The molecule has 0 bridgehead atoms. The lowest BCUT2D eigenvalue weighted by atomic mass is 10.1. The highest BCUT2D eigenvalue weighted by Crippen LogP contribution is 2.26. The zero-order valence-electron chi connectivity index (χ0n) is 12.9. The van der Waals surface area contributed by atoms with Gasteiger partial charge in [-0.1, -0.05) is 28.1 Å². The van der Waals surface area contributed by atoms with Gasteiger partial charge in [0.2, 0.25) is 0 Å². The van der Waals surface area contributed by atoms with Crippen molar-refractivity contribution >= 4 is 22.0 Å². The number of benzene rings is 1. The molecule has 1 aliphatic carbocycles. The number of amides is 1. The number of carbonyl (C=O) groups is 1. The Kier molecular flexibility index (Phi) is 4.94. The quantitative estimate of drug-likeness (QED) is 0.865. The second-order valence-corrected chi connectivity index (χ2v) is 7.45. The molecule has 3 unspecified atom stereocenters. The van der Waals surface area contributed by atoms with Gasteiger partial charge in [0.25, 0.3) is 0 Å². The van der Waals surface area contributed by atoms with Crippen LogP contribution in [0.3, 0.4) is 0 Å². The van der Waals surface area contributed by atoms with Crippen molar-refractivity contribution in [2.75, 3.05) is 0 Å². The predicted molar refractivity (Wildman–Crippen MR) is 87.3 cm³/mol. The molecule has 21 heavy (non-hydrogen) atoms. The van der Waals surface area contributed by atoms with E-state index in [0.29, 0.717) is 6.04 Å². The molecule has 0 aliphatic heterocycles. The standard InChI is InChI=1S/C16H23BrN2O2/c1-10(11-6-5-7-12(17)8-11)18-13-9-14(13)19-15(20)21-16(2,3)4/h5-8,10,13-14,18H,9H2,1-4H3,(H,19,20). The van der Waals surface area contributed by atoms with Crippen molar-refractivity contribution < 1.29 is 9.53 Å². The van der Waals surface area contributed by atoms with Gasteiger partial charge in [0.1, 0.15) is 5.60 Å². The van der Waals surface area contributed by atoms with Crippen LogP contribution < -0.4 is 10.6 Å². The van der Waals surface area contributed by atoms with Crippen LogP contribution in [0.1, 0.15) is 45.7 Å².